The summed E-state index contributed by atoms with van der Waals surface area (Å²) in [5.74, 6) is -1.10. The highest BCUT2D eigenvalue weighted by molar-refractivity contribution is 5.95. The summed E-state index contributed by atoms with van der Waals surface area (Å²) in [6.45, 7) is 3.18. The van der Waals surface area contributed by atoms with Crippen LogP contribution < -0.4 is 10.6 Å². The number of unbranched alkanes of at least 4 members (excludes halogenated alkanes) is 2. The van der Waals surface area contributed by atoms with E-state index in [1.165, 1.54) is 18.4 Å². The molecule has 0 spiro atoms. The first-order valence-electron chi connectivity index (χ1n) is 7.89. The number of nitrogens with one attached hydrogen (secondary N) is 2. The summed E-state index contributed by atoms with van der Waals surface area (Å²) < 4.78 is 0. The van der Waals surface area contributed by atoms with Gasteiger partial charge in [0, 0.05) is 18.7 Å². The molecule has 0 bridgehead atoms. The molecule has 1 aromatic rings. The minimum Gasteiger partial charge on any atom is -0.481 e. The van der Waals surface area contributed by atoms with E-state index in [-0.39, 0.29) is 12.3 Å². The van der Waals surface area contributed by atoms with Crippen molar-refractivity contribution in [1.29, 1.82) is 0 Å². The van der Waals surface area contributed by atoms with Gasteiger partial charge in [-0.3, -0.25) is 9.59 Å². The maximum Gasteiger partial charge on any atom is 0.305 e. The summed E-state index contributed by atoms with van der Waals surface area (Å²) in [6.07, 6.45) is 4.55. The van der Waals surface area contributed by atoms with Crippen molar-refractivity contribution in [1.82, 2.24) is 10.6 Å². The van der Waals surface area contributed by atoms with Gasteiger partial charge in [0.2, 0.25) is 0 Å². The molecule has 1 heterocycles. The standard InChI is InChI=1S/C17H24N2O3/c1-2-3-4-5-13-6-8-14(9-7-13)16(22)19-17(10-15(20)21)11-18-12-17/h6-9,18H,2-5,10-12H2,1H3,(H,19,22)(H,20,21). The molecule has 120 valence electrons. The van der Waals surface area contributed by atoms with Crippen LogP contribution in [0.15, 0.2) is 24.3 Å². The van der Waals surface area contributed by atoms with Gasteiger partial charge >= 0.3 is 5.97 Å². The second kappa shape index (κ2) is 7.40. The second-order valence-electron chi connectivity index (χ2n) is 6.06. The predicted octanol–water partition coefficient (Wildman–Crippen LogP) is 1.97. The molecule has 1 fully saturated rings. The molecule has 0 aromatic heterocycles. The maximum atomic E-state index is 12.3. The van der Waals surface area contributed by atoms with Crippen LogP contribution in [0.4, 0.5) is 0 Å². The first-order valence-corrected chi connectivity index (χ1v) is 7.89. The maximum absolute atomic E-state index is 12.3. The van der Waals surface area contributed by atoms with Crippen molar-refractivity contribution in [3.05, 3.63) is 35.4 Å². The third kappa shape index (κ3) is 4.31. The zero-order chi connectivity index (χ0) is 16.0. The van der Waals surface area contributed by atoms with Crippen LogP contribution >= 0.6 is 0 Å². The van der Waals surface area contributed by atoms with Gasteiger partial charge < -0.3 is 15.7 Å². The van der Waals surface area contributed by atoms with Crippen molar-refractivity contribution in [3.63, 3.8) is 0 Å². The lowest BCUT2D eigenvalue weighted by atomic mass is 9.88. The van der Waals surface area contributed by atoms with Crippen molar-refractivity contribution in [2.75, 3.05) is 13.1 Å². The highest BCUT2D eigenvalue weighted by atomic mass is 16.4. The van der Waals surface area contributed by atoms with E-state index >= 15 is 0 Å². The van der Waals surface area contributed by atoms with Crippen LogP contribution in [-0.2, 0) is 11.2 Å². The number of carbonyl (C=O) groups is 2. The van der Waals surface area contributed by atoms with Crippen molar-refractivity contribution < 1.29 is 14.7 Å². The molecule has 1 amide bonds. The summed E-state index contributed by atoms with van der Waals surface area (Å²) in [7, 11) is 0. The van der Waals surface area contributed by atoms with Gasteiger partial charge in [-0.1, -0.05) is 31.9 Å². The fourth-order valence-corrected chi connectivity index (χ4v) is 2.69. The number of benzene rings is 1. The second-order valence-corrected chi connectivity index (χ2v) is 6.06. The Balaban J connectivity index is 1.93. The van der Waals surface area contributed by atoms with E-state index in [0.29, 0.717) is 18.7 Å². The Kier molecular flexibility index (Phi) is 5.55. The van der Waals surface area contributed by atoms with Gasteiger partial charge in [0.1, 0.15) is 0 Å². The zero-order valence-electron chi connectivity index (χ0n) is 13.0. The summed E-state index contributed by atoms with van der Waals surface area (Å²) in [5, 5.41) is 14.8. The molecule has 0 atom stereocenters. The molecule has 3 N–H and O–H groups in total. The Bertz CT molecular complexity index is 521. The molecule has 1 aliphatic heterocycles. The minimum atomic E-state index is -0.895. The van der Waals surface area contributed by atoms with Crippen molar-refractivity contribution in [2.24, 2.45) is 0 Å². The number of hydrogen-bond acceptors (Lipinski definition) is 3. The molecule has 0 aliphatic carbocycles. The van der Waals surface area contributed by atoms with Gasteiger partial charge in [0.05, 0.1) is 12.0 Å². The Morgan fingerprint density at radius 2 is 1.91 bits per heavy atom. The van der Waals surface area contributed by atoms with E-state index in [1.54, 1.807) is 0 Å². The van der Waals surface area contributed by atoms with E-state index in [9.17, 15) is 9.59 Å². The molecular weight excluding hydrogens is 280 g/mol. The van der Waals surface area contributed by atoms with Crippen LogP contribution in [0.2, 0.25) is 0 Å². The number of carbonyl (C=O) groups excluding carboxylic acids is 1. The lowest BCUT2D eigenvalue weighted by molar-refractivity contribution is -0.139. The smallest absolute Gasteiger partial charge is 0.305 e. The highest BCUT2D eigenvalue weighted by Gasteiger charge is 2.40. The summed E-state index contributed by atoms with van der Waals surface area (Å²) >= 11 is 0. The molecule has 1 saturated heterocycles. The zero-order valence-corrected chi connectivity index (χ0v) is 13.0. The van der Waals surface area contributed by atoms with Crippen molar-refractivity contribution in [3.8, 4) is 0 Å². The quantitative estimate of drug-likeness (QED) is 0.642. The minimum absolute atomic E-state index is 0.0547. The predicted molar refractivity (Wildman–Crippen MR) is 85.0 cm³/mol. The first kappa shape index (κ1) is 16.5. The molecule has 1 aromatic carbocycles. The molecule has 5 heteroatoms. The average Bonchev–Trinajstić information content (AvgIpc) is 2.45. The number of carboxylic acid groups (broad SMARTS) is 1. The Morgan fingerprint density at radius 1 is 1.23 bits per heavy atom. The average molecular weight is 304 g/mol. The fourth-order valence-electron chi connectivity index (χ4n) is 2.69. The molecule has 0 unspecified atom stereocenters. The van der Waals surface area contributed by atoms with Gasteiger partial charge in [-0.05, 0) is 30.5 Å². The Hall–Kier alpha value is -1.88. The molecule has 2 rings (SSSR count). The Morgan fingerprint density at radius 3 is 2.41 bits per heavy atom. The topological polar surface area (TPSA) is 78.4 Å². The van der Waals surface area contributed by atoms with Gasteiger partial charge in [0.15, 0.2) is 0 Å². The van der Waals surface area contributed by atoms with Gasteiger partial charge in [-0.2, -0.15) is 0 Å². The van der Waals surface area contributed by atoms with Crippen LogP contribution in [0.1, 0.15) is 48.5 Å². The van der Waals surface area contributed by atoms with Crippen LogP contribution in [-0.4, -0.2) is 35.6 Å². The molecule has 22 heavy (non-hydrogen) atoms. The third-order valence-electron chi connectivity index (χ3n) is 4.08. The number of carboxylic acids is 1. The SMILES string of the molecule is CCCCCc1ccc(C(=O)NC2(CC(=O)O)CNC2)cc1. The normalized spacial score (nSPS) is 15.9. The number of aliphatic carboxylic acids is 1. The van der Waals surface area contributed by atoms with Crippen LogP contribution in [0.5, 0.6) is 0 Å². The number of rotatable bonds is 8. The summed E-state index contributed by atoms with van der Waals surface area (Å²) in [6, 6.07) is 7.59. The van der Waals surface area contributed by atoms with E-state index in [4.69, 9.17) is 5.11 Å². The molecule has 0 saturated carbocycles. The van der Waals surface area contributed by atoms with Gasteiger partial charge in [-0.25, -0.2) is 0 Å². The largest absolute Gasteiger partial charge is 0.481 e. The van der Waals surface area contributed by atoms with Crippen LogP contribution in [0.25, 0.3) is 0 Å². The molecule has 0 radical (unpaired) electrons. The van der Waals surface area contributed by atoms with E-state index in [1.807, 2.05) is 24.3 Å². The number of aryl methyl sites for hydroxylation is 1. The van der Waals surface area contributed by atoms with Crippen LogP contribution in [0, 0.1) is 0 Å². The number of hydrogen-bond donors (Lipinski definition) is 3. The Labute approximate surface area is 131 Å². The summed E-state index contributed by atoms with van der Waals surface area (Å²) in [5.41, 5.74) is 1.16. The first-order chi connectivity index (χ1) is 10.5. The number of amides is 1. The summed E-state index contributed by atoms with van der Waals surface area (Å²) in [4.78, 5) is 23.2. The van der Waals surface area contributed by atoms with Gasteiger partial charge in [0.25, 0.3) is 5.91 Å². The fraction of sp³-hybridized carbons (Fsp3) is 0.529. The van der Waals surface area contributed by atoms with E-state index in [0.717, 1.165) is 12.8 Å². The monoisotopic (exact) mass is 304 g/mol. The highest BCUT2D eigenvalue weighted by Crippen LogP contribution is 2.17. The molecule has 5 nitrogen and oxygen atoms in total. The van der Waals surface area contributed by atoms with Crippen molar-refractivity contribution >= 4 is 11.9 Å². The van der Waals surface area contributed by atoms with E-state index in [2.05, 4.69) is 17.6 Å². The van der Waals surface area contributed by atoms with Crippen molar-refractivity contribution in [2.45, 2.75) is 44.6 Å². The van der Waals surface area contributed by atoms with E-state index < -0.39 is 11.5 Å². The molecule has 1 aliphatic rings. The van der Waals surface area contributed by atoms with Crippen LogP contribution in [0.3, 0.4) is 0 Å². The van der Waals surface area contributed by atoms with Gasteiger partial charge in [-0.15, -0.1) is 0 Å². The molecular formula is C17H24N2O3. The lowest BCUT2D eigenvalue weighted by Crippen LogP contribution is -2.69. The third-order valence-corrected chi connectivity index (χ3v) is 4.08. The lowest BCUT2D eigenvalue weighted by Gasteiger charge is -2.42.